The number of nitrogens with one attached hydrogen (secondary N) is 1. The van der Waals surface area contributed by atoms with Gasteiger partial charge in [0.25, 0.3) is 0 Å². The molecule has 0 spiro atoms. The predicted molar refractivity (Wildman–Crippen MR) is 72.8 cm³/mol. The van der Waals surface area contributed by atoms with E-state index in [4.69, 9.17) is 9.47 Å². The molecule has 1 fully saturated rings. The molecule has 3 heteroatoms. The van der Waals surface area contributed by atoms with Crippen molar-refractivity contribution in [3.8, 4) is 0 Å². The Bertz CT molecular complexity index is 344. The van der Waals surface area contributed by atoms with Crippen molar-refractivity contribution in [3.63, 3.8) is 0 Å². The summed E-state index contributed by atoms with van der Waals surface area (Å²) in [7, 11) is 0. The minimum atomic E-state index is 0.274. The van der Waals surface area contributed by atoms with Crippen molar-refractivity contribution in [2.45, 2.75) is 32.4 Å². The molecule has 1 aliphatic heterocycles. The highest BCUT2D eigenvalue weighted by Gasteiger charge is 2.18. The number of likely N-dealkylation sites (N-methyl/N-ethyl adjacent to an activating group) is 1. The van der Waals surface area contributed by atoms with Crippen LogP contribution in [0.25, 0.3) is 0 Å². The molecule has 1 aliphatic rings. The molecule has 100 valence electrons. The van der Waals surface area contributed by atoms with Crippen LogP contribution in [0, 0.1) is 6.92 Å². The van der Waals surface area contributed by atoms with Crippen molar-refractivity contribution < 1.29 is 9.47 Å². The maximum Gasteiger partial charge on any atom is 0.0831 e. The van der Waals surface area contributed by atoms with Crippen molar-refractivity contribution in [1.29, 1.82) is 0 Å². The lowest BCUT2D eigenvalue weighted by Crippen LogP contribution is -2.28. The molecule has 1 heterocycles. The monoisotopic (exact) mass is 249 g/mol. The van der Waals surface area contributed by atoms with Gasteiger partial charge in [-0.2, -0.15) is 0 Å². The fraction of sp³-hybridized carbons (Fsp3) is 0.600. The summed E-state index contributed by atoms with van der Waals surface area (Å²) in [4.78, 5) is 0. The van der Waals surface area contributed by atoms with E-state index in [2.05, 4.69) is 43.4 Å². The van der Waals surface area contributed by atoms with Crippen molar-refractivity contribution in [3.05, 3.63) is 35.4 Å². The minimum Gasteiger partial charge on any atom is -0.379 e. The van der Waals surface area contributed by atoms with Gasteiger partial charge in [0.05, 0.1) is 25.4 Å². The Morgan fingerprint density at radius 2 is 2.17 bits per heavy atom. The average Bonchev–Trinajstić information content (AvgIpc) is 2.89. The van der Waals surface area contributed by atoms with E-state index in [9.17, 15) is 0 Å². The second-order valence-corrected chi connectivity index (χ2v) is 4.84. The lowest BCUT2D eigenvalue weighted by molar-refractivity contribution is 0.0300. The first kappa shape index (κ1) is 13.5. The summed E-state index contributed by atoms with van der Waals surface area (Å²) < 4.78 is 11.2. The van der Waals surface area contributed by atoms with Gasteiger partial charge in [0.2, 0.25) is 0 Å². The van der Waals surface area contributed by atoms with Gasteiger partial charge < -0.3 is 14.8 Å². The van der Waals surface area contributed by atoms with Gasteiger partial charge in [-0.1, -0.05) is 36.8 Å². The summed E-state index contributed by atoms with van der Waals surface area (Å²) in [6.07, 6.45) is 1.30. The first-order valence-corrected chi connectivity index (χ1v) is 6.79. The van der Waals surface area contributed by atoms with Gasteiger partial charge in [-0.25, -0.2) is 0 Å². The van der Waals surface area contributed by atoms with E-state index in [-0.39, 0.29) is 12.1 Å². The molecule has 3 nitrogen and oxygen atoms in total. The number of aryl methyl sites for hydroxylation is 1. The molecular formula is C15H23NO2. The zero-order valence-corrected chi connectivity index (χ0v) is 11.3. The van der Waals surface area contributed by atoms with Crippen LogP contribution in [0.2, 0.25) is 0 Å². The van der Waals surface area contributed by atoms with Crippen LogP contribution in [0.5, 0.6) is 0 Å². The SMILES string of the molecule is CCNC(COC1CCOC1)c1ccc(C)cc1. The fourth-order valence-electron chi connectivity index (χ4n) is 2.19. The molecule has 0 radical (unpaired) electrons. The lowest BCUT2D eigenvalue weighted by atomic mass is 10.1. The Labute approximate surface area is 109 Å². The molecule has 1 N–H and O–H groups in total. The highest BCUT2D eigenvalue weighted by molar-refractivity contribution is 5.24. The molecule has 0 amide bonds. The van der Waals surface area contributed by atoms with Crippen LogP contribution in [0.4, 0.5) is 0 Å². The van der Waals surface area contributed by atoms with Crippen molar-refractivity contribution in [1.82, 2.24) is 5.32 Å². The lowest BCUT2D eigenvalue weighted by Gasteiger charge is -2.20. The number of hydrogen-bond acceptors (Lipinski definition) is 3. The number of rotatable bonds is 6. The summed E-state index contributed by atoms with van der Waals surface area (Å²) in [6, 6.07) is 8.93. The zero-order valence-electron chi connectivity index (χ0n) is 11.3. The Morgan fingerprint density at radius 3 is 2.78 bits per heavy atom. The van der Waals surface area contributed by atoms with E-state index in [1.165, 1.54) is 11.1 Å². The molecule has 2 atom stereocenters. The Hall–Kier alpha value is -0.900. The third-order valence-corrected chi connectivity index (χ3v) is 3.32. The second-order valence-electron chi connectivity index (χ2n) is 4.84. The molecule has 2 unspecified atom stereocenters. The maximum absolute atomic E-state index is 5.91. The highest BCUT2D eigenvalue weighted by Crippen LogP contribution is 2.17. The smallest absolute Gasteiger partial charge is 0.0831 e. The molecule has 0 saturated carbocycles. The van der Waals surface area contributed by atoms with Gasteiger partial charge in [0, 0.05) is 6.61 Å². The van der Waals surface area contributed by atoms with Gasteiger partial charge in [-0.3, -0.25) is 0 Å². The molecule has 0 aromatic heterocycles. The molecule has 2 rings (SSSR count). The first-order chi connectivity index (χ1) is 8.79. The maximum atomic E-state index is 5.91. The number of ether oxygens (including phenoxy) is 2. The van der Waals surface area contributed by atoms with Crippen LogP contribution in [-0.4, -0.2) is 32.5 Å². The molecule has 1 saturated heterocycles. The molecular weight excluding hydrogens is 226 g/mol. The summed E-state index contributed by atoms with van der Waals surface area (Å²) in [5, 5.41) is 3.48. The van der Waals surface area contributed by atoms with Crippen LogP contribution in [0.1, 0.15) is 30.5 Å². The molecule has 1 aromatic carbocycles. The van der Waals surface area contributed by atoms with Crippen LogP contribution in [0.15, 0.2) is 24.3 Å². The van der Waals surface area contributed by atoms with E-state index in [0.29, 0.717) is 6.61 Å². The van der Waals surface area contributed by atoms with Gasteiger partial charge in [-0.15, -0.1) is 0 Å². The van der Waals surface area contributed by atoms with Crippen LogP contribution in [-0.2, 0) is 9.47 Å². The van der Waals surface area contributed by atoms with Gasteiger partial charge >= 0.3 is 0 Å². The van der Waals surface area contributed by atoms with E-state index >= 15 is 0 Å². The Kier molecular flexibility index (Phi) is 5.17. The fourth-order valence-corrected chi connectivity index (χ4v) is 2.19. The second kappa shape index (κ2) is 6.88. The van der Waals surface area contributed by atoms with Crippen LogP contribution < -0.4 is 5.32 Å². The van der Waals surface area contributed by atoms with E-state index < -0.39 is 0 Å². The summed E-state index contributed by atoms with van der Waals surface area (Å²) >= 11 is 0. The Morgan fingerprint density at radius 1 is 1.39 bits per heavy atom. The normalized spacial score (nSPS) is 21.1. The minimum absolute atomic E-state index is 0.274. The zero-order chi connectivity index (χ0) is 12.8. The third-order valence-electron chi connectivity index (χ3n) is 3.32. The van der Waals surface area contributed by atoms with Crippen LogP contribution >= 0.6 is 0 Å². The third kappa shape index (κ3) is 3.80. The quantitative estimate of drug-likeness (QED) is 0.840. The largest absolute Gasteiger partial charge is 0.379 e. The molecule has 0 bridgehead atoms. The average molecular weight is 249 g/mol. The topological polar surface area (TPSA) is 30.5 Å². The number of benzene rings is 1. The van der Waals surface area contributed by atoms with Crippen molar-refractivity contribution in [2.75, 3.05) is 26.4 Å². The summed E-state index contributed by atoms with van der Waals surface area (Å²) in [5.74, 6) is 0. The van der Waals surface area contributed by atoms with Gasteiger partial charge in [0.1, 0.15) is 0 Å². The first-order valence-electron chi connectivity index (χ1n) is 6.79. The van der Waals surface area contributed by atoms with Gasteiger partial charge in [0.15, 0.2) is 0 Å². The van der Waals surface area contributed by atoms with Crippen molar-refractivity contribution in [2.24, 2.45) is 0 Å². The Balaban J connectivity index is 1.91. The van der Waals surface area contributed by atoms with E-state index in [0.717, 1.165) is 26.2 Å². The van der Waals surface area contributed by atoms with E-state index in [1.54, 1.807) is 0 Å². The highest BCUT2D eigenvalue weighted by atomic mass is 16.5. The van der Waals surface area contributed by atoms with Gasteiger partial charge in [-0.05, 0) is 25.5 Å². The number of hydrogen-bond donors (Lipinski definition) is 1. The predicted octanol–water partition coefficient (Wildman–Crippen LogP) is 2.45. The molecule has 0 aliphatic carbocycles. The molecule has 18 heavy (non-hydrogen) atoms. The summed E-state index contributed by atoms with van der Waals surface area (Å²) in [6.45, 7) is 7.47. The van der Waals surface area contributed by atoms with Crippen LogP contribution in [0.3, 0.4) is 0 Å². The van der Waals surface area contributed by atoms with Crippen molar-refractivity contribution >= 4 is 0 Å². The standard InChI is InChI=1S/C15H23NO2/c1-3-16-15(11-18-14-8-9-17-10-14)13-6-4-12(2)5-7-13/h4-7,14-16H,3,8-11H2,1-2H3. The summed E-state index contributed by atoms with van der Waals surface area (Å²) in [5.41, 5.74) is 2.58. The van der Waals surface area contributed by atoms with E-state index in [1.807, 2.05) is 0 Å². The molecule has 1 aromatic rings.